The van der Waals surface area contributed by atoms with Gasteiger partial charge < -0.3 is 9.32 Å². The molecule has 1 heterocycles. The minimum Gasteiger partial charge on any atom is -0.455 e. The van der Waals surface area contributed by atoms with Crippen molar-refractivity contribution in [3.8, 4) is 44.5 Å². The Balaban J connectivity index is 1.03. The van der Waals surface area contributed by atoms with E-state index in [9.17, 15) is 0 Å². The van der Waals surface area contributed by atoms with Crippen LogP contribution in [0.15, 0.2) is 217 Å². The predicted octanol–water partition coefficient (Wildman–Crippen LogP) is 16.5. The zero-order valence-corrected chi connectivity index (χ0v) is 35.6. The van der Waals surface area contributed by atoms with Gasteiger partial charge in [-0.05, 0) is 114 Å². The summed E-state index contributed by atoms with van der Waals surface area (Å²) in [7, 11) is 0. The lowest BCUT2D eigenvalue weighted by Gasteiger charge is -2.33. The second-order valence-corrected chi connectivity index (χ2v) is 18.3. The number of hydrogen-bond donors (Lipinski definition) is 0. The molecule has 2 nitrogen and oxygen atoms in total. The largest absolute Gasteiger partial charge is 0.455 e. The van der Waals surface area contributed by atoms with Crippen LogP contribution in [0.5, 0.6) is 0 Å². The predicted molar refractivity (Wildman–Crippen MR) is 265 cm³/mol. The number of fused-ring (bicyclic) bond motifs is 18. The van der Waals surface area contributed by atoms with Crippen molar-refractivity contribution in [2.75, 3.05) is 4.90 Å². The monoisotopic (exact) mass is 815 g/mol. The van der Waals surface area contributed by atoms with E-state index in [-0.39, 0.29) is 5.41 Å². The Morgan fingerprint density at radius 1 is 0.391 bits per heavy atom. The molecule has 10 aromatic carbocycles. The minimum absolute atomic E-state index is 0.156. The highest BCUT2D eigenvalue weighted by Gasteiger charge is 2.53. The Morgan fingerprint density at radius 3 is 1.80 bits per heavy atom. The van der Waals surface area contributed by atoms with Crippen LogP contribution in [0.25, 0.3) is 77.2 Å². The molecule has 0 saturated carbocycles. The second kappa shape index (κ2) is 12.8. The van der Waals surface area contributed by atoms with Crippen molar-refractivity contribution >= 4 is 49.8 Å². The van der Waals surface area contributed by atoms with Gasteiger partial charge in [0, 0.05) is 38.7 Å². The van der Waals surface area contributed by atoms with Gasteiger partial charge in [0.25, 0.3) is 0 Å². The fourth-order valence-electron chi connectivity index (χ4n) is 12.2. The third-order valence-corrected chi connectivity index (χ3v) is 14.9. The lowest BCUT2D eigenvalue weighted by molar-refractivity contribution is 0.660. The molecule has 1 unspecified atom stereocenters. The van der Waals surface area contributed by atoms with Gasteiger partial charge in [-0.3, -0.25) is 0 Å². The molecule has 14 rings (SSSR count). The first-order chi connectivity index (χ1) is 31.5. The molecule has 1 spiro atoms. The Morgan fingerprint density at radius 2 is 0.969 bits per heavy atom. The SMILES string of the molecule is CC1(C)c2ccccc2-c2ccc(N(c3ccc(-c4cccc5c4oc4ccccc45)cc3)c3cccc4c3-c3ccccc3C43c4ccccc4-c4ccc5ccccc5c43)cc21. The average Bonchev–Trinajstić information content (AvgIpc) is 4.04. The molecule has 1 atom stereocenters. The van der Waals surface area contributed by atoms with Crippen molar-refractivity contribution in [3.63, 3.8) is 0 Å². The maximum absolute atomic E-state index is 6.54. The fourth-order valence-corrected chi connectivity index (χ4v) is 12.2. The molecule has 0 amide bonds. The molecule has 2 heteroatoms. The highest BCUT2D eigenvalue weighted by Crippen LogP contribution is 2.66. The van der Waals surface area contributed by atoms with Crippen LogP contribution >= 0.6 is 0 Å². The van der Waals surface area contributed by atoms with E-state index in [1.165, 1.54) is 77.5 Å². The summed E-state index contributed by atoms with van der Waals surface area (Å²) in [4.78, 5) is 2.52. The Hall–Kier alpha value is -7.94. The normalized spacial score (nSPS) is 15.8. The van der Waals surface area contributed by atoms with Gasteiger partial charge >= 0.3 is 0 Å². The number of benzene rings is 10. The summed E-state index contributed by atoms with van der Waals surface area (Å²) in [5, 5.41) is 4.84. The van der Waals surface area contributed by atoms with Crippen molar-refractivity contribution < 1.29 is 4.42 Å². The van der Waals surface area contributed by atoms with Crippen LogP contribution in [-0.2, 0) is 10.8 Å². The van der Waals surface area contributed by atoms with Crippen LogP contribution < -0.4 is 4.90 Å². The molecule has 0 aliphatic heterocycles. The number of rotatable bonds is 4. The van der Waals surface area contributed by atoms with Crippen LogP contribution in [-0.4, -0.2) is 0 Å². The zero-order chi connectivity index (χ0) is 42.3. The summed E-state index contributed by atoms with van der Waals surface area (Å²) in [6.07, 6.45) is 0. The molecule has 0 N–H and O–H groups in total. The molecule has 0 radical (unpaired) electrons. The van der Waals surface area contributed by atoms with Gasteiger partial charge in [-0.2, -0.15) is 0 Å². The molecule has 0 fully saturated rings. The van der Waals surface area contributed by atoms with Crippen LogP contribution in [0.4, 0.5) is 17.1 Å². The first kappa shape index (κ1) is 35.6. The summed E-state index contributed by atoms with van der Waals surface area (Å²) in [6.45, 7) is 4.75. The van der Waals surface area contributed by atoms with E-state index < -0.39 is 5.41 Å². The van der Waals surface area contributed by atoms with Gasteiger partial charge in [-0.1, -0.05) is 190 Å². The van der Waals surface area contributed by atoms with Gasteiger partial charge in [0.1, 0.15) is 11.2 Å². The third-order valence-electron chi connectivity index (χ3n) is 14.9. The third kappa shape index (κ3) is 4.54. The van der Waals surface area contributed by atoms with Gasteiger partial charge in [0.15, 0.2) is 0 Å². The summed E-state index contributed by atoms with van der Waals surface area (Å²) in [5.74, 6) is 0. The summed E-state index contributed by atoms with van der Waals surface area (Å²) >= 11 is 0. The molecule has 11 aromatic rings. The van der Waals surface area contributed by atoms with Crippen LogP contribution in [0.3, 0.4) is 0 Å². The zero-order valence-electron chi connectivity index (χ0n) is 35.6. The summed E-state index contributed by atoms with van der Waals surface area (Å²) < 4.78 is 6.54. The van der Waals surface area contributed by atoms with E-state index in [4.69, 9.17) is 4.42 Å². The smallest absolute Gasteiger partial charge is 0.143 e. The van der Waals surface area contributed by atoms with Gasteiger partial charge in [0.2, 0.25) is 0 Å². The standard InChI is InChI=1S/C62H41NO/c1-61(2)51-23-9-5-17-44(51)46-36-34-41(37-55(46)61)63(40-32-29-39(30-33-40)43-21-13-22-49-47-19-8-12-28-57(47)64-60(43)49)56-27-14-26-54-58(56)50-20-7-11-25-53(50)62(54)52-24-10-6-18-45(52)48-35-31-38-15-3-4-16-42(38)59(48)62/h3-37H,1-2H3. The quantitative estimate of drug-likeness (QED) is 0.176. The average molecular weight is 816 g/mol. The number of hydrogen-bond acceptors (Lipinski definition) is 2. The molecule has 300 valence electrons. The highest BCUT2D eigenvalue weighted by molar-refractivity contribution is 6.10. The number of para-hydroxylation sites is 2. The number of furan rings is 1. The minimum atomic E-state index is -0.503. The first-order valence-corrected chi connectivity index (χ1v) is 22.4. The van der Waals surface area contributed by atoms with E-state index in [1.54, 1.807) is 0 Å². The van der Waals surface area contributed by atoms with Crippen LogP contribution in [0.1, 0.15) is 47.2 Å². The van der Waals surface area contributed by atoms with Crippen molar-refractivity contribution in [2.24, 2.45) is 0 Å². The Kier molecular flexibility index (Phi) is 7.13. The van der Waals surface area contributed by atoms with E-state index >= 15 is 0 Å². The number of anilines is 3. The maximum atomic E-state index is 6.54. The van der Waals surface area contributed by atoms with Crippen LogP contribution in [0.2, 0.25) is 0 Å². The summed E-state index contributed by atoms with van der Waals surface area (Å²) in [5.41, 5.74) is 22.7. The van der Waals surface area contributed by atoms with E-state index in [0.717, 1.165) is 50.1 Å². The fraction of sp³-hybridized carbons (Fsp3) is 0.0645. The van der Waals surface area contributed by atoms with E-state index in [0.29, 0.717) is 0 Å². The van der Waals surface area contributed by atoms with Crippen molar-refractivity contribution in [1.29, 1.82) is 0 Å². The molecule has 0 bridgehead atoms. The first-order valence-electron chi connectivity index (χ1n) is 22.4. The van der Waals surface area contributed by atoms with Crippen molar-refractivity contribution in [2.45, 2.75) is 24.7 Å². The van der Waals surface area contributed by atoms with E-state index in [2.05, 4.69) is 225 Å². The van der Waals surface area contributed by atoms with Crippen LogP contribution in [0, 0.1) is 0 Å². The highest BCUT2D eigenvalue weighted by atomic mass is 16.3. The molecule has 64 heavy (non-hydrogen) atoms. The molecular weight excluding hydrogens is 775 g/mol. The van der Waals surface area contributed by atoms with Crippen molar-refractivity contribution in [3.05, 3.63) is 246 Å². The molecule has 1 aromatic heterocycles. The Bertz CT molecular complexity index is 3770. The molecular formula is C62H41NO. The Labute approximate surface area is 372 Å². The second-order valence-electron chi connectivity index (χ2n) is 18.3. The lowest BCUT2D eigenvalue weighted by atomic mass is 9.69. The van der Waals surface area contributed by atoms with E-state index in [1.807, 2.05) is 6.07 Å². The molecule has 0 saturated heterocycles. The molecule has 3 aliphatic rings. The molecule has 3 aliphatic carbocycles. The lowest BCUT2D eigenvalue weighted by Crippen LogP contribution is -2.26. The van der Waals surface area contributed by atoms with Gasteiger partial charge in [-0.25, -0.2) is 0 Å². The maximum Gasteiger partial charge on any atom is 0.143 e. The van der Waals surface area contributed by atoms with Crippen molar-refractivity contribution in [1.82, 2.24) is 0 Å². The topological polar surface area (TPSA) is 16.4 Å². The summed E-state index contributed by atoms with van der Waals surface area (Å²) in [6, 6.07) is 79.0. The number of nitrogens with zero attached hydrogens (tertiary/aromatic N) is 1. The van der Waals surface area contributed by atoms with Gasteiger partial charge in [0.05, 0.1) is 11.1 Å². The van der Waals surface area contributed by atoms with Gasteiger partial charge in [-0.15, -0.1) is 0 Å².